The fourth-order valence-corrected chi connectivity index (χ4v) is 4.06. The average molecular weight is 460 g/mol. The van der Waals surface area contributed by atoms with Gasteiger partial charge in [-0.2, -0.15) is 0 Å². The maximum Gasteiger partial charge on any atom is 0.269 e. The molecule has 10 nitrogen and oxygen atoms in total. The van der Waals surface area contributed by atoms with Crippen molar-refractivity contribution in [3.05, 3.63) is 77.9 Å². The van der Waals surface area contributed by atoms with Crippen LogP contribution in [0.2, 0.25) is 0 Å². The number of amides is 3. The van der Waals surface area contributed by atoms with Gasteiger partial charge < -0.3 is 21.8 Å². The molecule has 0 radical (unpaired) electrons. The van der Waals surface area contributed by atoms with E-state index in [4.69, 9.17) is 11.6 Å². The molecule has 1 aliphatic heterocycles. The van der Waals surface area contributed by atoms with Crippen molar-refractivity contribution >= 4 is 23.5 Å². The SMILES string of the molecule is C/C=C/C(=O)N1CCC[C@H]1c1nc(-c2ccc(C(=O)Nc3ccccn3)cc2)c(C(N)=O)n1N. The topological polar surface area (TPSA) is 149 Å². The summed E-state index contributed by atoms with van der Waals surface area (Å²) >= 11 is 0. The van der Waals surface area contributed by atoms with Gasteiger partial charge in [0.2, 0.25) is 5.91 Å². The van der Waals surface area contributed by atoms with Gasteiger partial charge in [0.05, 0.1) is 6.04 Å². The van der Waals surface area contributed by atoms with Gasteiger partial charge in [-0.15, -0.1) is 0 Å². The molecule has 1 atom stereocenters. The number of hydrogen-bond acceptors (Lipinski definition) is 6. The van der Waals surface area contributed by atoms with Crippen LogP contribution in [0, 0.1) is 0 Å². The predicted molar refractivity (Wildman–Crippen MR) is 127 cm³/mol. The van der Waals surface area contributed by atoms with Crippen LogP contribution in [0.3, 0.4) is 0 Å². The van der Waals surface area contributed by atoms with Crippen molar-refractivity contribution in [2.75, 3.05) is 17.7 Å². The Balaban J connectivity index is 1.65. The predicted octanol–water partition coefficient (Wildman–Crippen LogP) is 2.25. The summed E-state index contributed by atoms with van der Waals surface area (Å²) < 4.78 is 1.17. The molecular formula is C24H25N7O3. The number of anilines is 1. The lowest BCUT2D eigenvalue weighted by atomic mass is 10.1. The van der Waals surface area contributed by atoms with Crippen LogP contribution in [0.4, 0.5) is 5.82 Å². The van der Waals surface area contributed by atoms with Gasteiger partial charge in [-0.05, 0) is 50.1 Å². The minimum absolute atomic E-state index is 0.0334. The second kappa shape index (κ2) is 9.57. The van der Waals surface area contributed by atoms with Crippen molar-refractivity contribution in [2.45, 2.75) is 25.8 Å². The molecule has 4 rings (SSSR count). The highest BCUT2D eigenvalue weighted by Gasteiger charge is 2.34. The summed E-state index contributed by atoms with van der Waals surface area (Å²) in [5.41, 5.74) is 6.93. The number of pyridine rings is 1. The fourth-order valence-electron chi connectivity index (χ4n) is 4.06. The molecular weight excluding hydrogens is 434 g/mol. The minimum atomic E-state index is -0.738. The highest BCUT2D eigenvalue weighted by Crippen LogP contribution is 2.34. The third-order valence-electron chi connectivity index (χ3n) is 5.64. The number of nitrogens with one attached hydrogen (secondary N) is 1. The van der Waals surface area contributed by atoms with Crippen LogP contribution in [0.15, 0.2) is 60.8 Å². The lowest BCUT2D eigenvalue weighted by Gasteiger charge is -2.22. The van der Waals surface area contributed by atoms with Crippen LogP contribution >= 0.6 is 0 Å². The van der Waals surface area contributed by atoms with Crippen molar-refractivity contribution < 1.29 is 14.4 Å². The van der Waals surface area contributed by atoms with E-state index in [-0.39, 0.29) is 23.6 Å². The normalized spacial score (nSPS) is 15.6. The molecule has 0 spiro atoms. The third kappa shape index (κ3) is 4.38. The number of aromatic nitrogens is 3. The zero-order valence-electron chi connectivity index (χ0n) is 18.6. The minimum Gasteiger partial charge on any atom is -0.364 e. The van der Waals surface area contributed by atoms with E-state index in [2.05, 4.69) is 15.3 Å². The number of likely N-dealkylation sites (tertiary alicyclic amines) is 1. The molecule has 1 aliphatic rings. The molecule has 2 aromatic heterocycles. The van der Waals surface area contributed by atoms with Gasteiger partial charge in [-0.25, -0.2) is 14.6 Å². The summed E-state index contributed by atoms with van der Waals surface area (Å²) in [6.07, 6.45) is 6.22. The molecule has 1 saturated heterocycles. The van der Waals surface area contributed by atoms with Crippen LogP contribution < -0.4 is 16.9 Å². The first-order chi connectivity index (χ1) is 16.4. The van der Waals surface area contributed by atoms with Crippen molar-refractivity contribution in [1.29, 1.82) is 0 Å². The van der Waals surface area contributed by atoms with Gasteiger partial charge in [0.25, 0.3) is 11.8 Å². The van der Waals surface area contributed by atoms with Crippen molar-refractivity contribution in [2.24, 2.45) is 5.73 Å². The molecule has 34 heavy (non-hydrogen) atoms. The summed E-state index contributed by atoms with van der Waals surface area (Å²) in [6, 6.07) is 11.4. The first-order valence-corrected chi connectivity index (χ1v) is 10.8. The summed E-state index contributed by atoms with van der Waals surface area (Å²) in [5.74, 6) is 5.87. The van der Waals surface area contributed by atoms with E-state index in [0.717, 1.165) is 6.42 Å². The Hall–Kier alpha value is -4.47. The molecule has 1 aromatic carbocycles. The van der Waals surface area contributed by atoms with E-state index >= 15 is 0 Å². The number of carbonyl (C=O) groups excluding carboxylic acids is 3. The van der Waals surface area contributed by atoms with E-state index in [1.54, 1.807) is 66.6 Å². The molecule has 3 heterocycles. The van der Waals surface area contributed by atoms with Crippen molar-refractivity contribution in [1.82, 2.24) is 19.5 Å². The van der Waals surface area contributed by atoms with Crippen LogP contribution in [0.1, 0.15) is 52.5 Å². The van der Waals surface area contributed by atoms with Crippen LogP contribution in [-0.4, -0.2) is 43.8 Å². The number of primary amides is 1. The highest BCUT2D eigenvalue weighted by atomic mass is 16.2. The van der Waals surface area contributed by atoms with Gasteiger partial charge in [-0.3, -0.25) is 14.4 Å². The Morgan fingerprint density at radius 1 is 1.15 bits per heavy atom. The first kappa shape index (κ1) is 22.7. The van der Waals surface area contributed by atoms with Gasteiger partial charge in [0.1, 0.15) is 11.5 Å². The molecule has 0 bridgehead atoms. The largest absolute Gasteiger partial charge is 0.364 e. The summed E-state index contributed by atoms with van der Waals surface area (Å²) in [5, 5.41) is 2.72. The number of nitrogens with two attached hydrogens (primary N) is 2. The molecule has 10 heteroatoms. The summed E-state index contributed by atoms with van der Waals surface area (Å²) in [4.78, 5) is 47.7. The van der Waals surface area contributed by atoms with Crippen LogP contribution in [-0.2, 0) is 4.79 Å². The average Bonchev–Trinajstić information content (AvgIpc) is 3.44. The van der Waals surface area contributed by atoms with E-state index in [0.29, 0.717) is 41.4 Å². The third-order valence-corrected chi connectivity index (χ3v) is 5.64. The number of hydrogen-bond donors (Lipinski definition) is 3. The van der Waals surface area contributed by atoms with Crippen molar-refractivity contribution in [3.63, 3.8) is 0 Å². The van der Waals surface area contributed by atoms with Gasteiger partial charge in [0, 0.05) is 23.9 Å². The second-order valence-electron chi connectivity index (χ2n) is 7.84. The van der Waals surface area contributed by atoms with Gasteiger partial charge in [0.15, 0.2) is 11.5 Å². The standard InChI is InChI=1S/C24H25N7O3/c1-2-6-19(32)30-14-5-7-17(30)23-29-20(21(22(25)33)31(23)26)15-9-11-16(12-10-15)24(34)28-18-8-3-4-13-27-18/h2-4,6,8-13,17H,5,7,14,26H2,1H3,(H2,25,33)(H,27,28,34)/b6-2+/t17-/m0/s1. The van der Waals surface area contributed by atoms with Gasteiger partial charge in [-0.1, -0.05) is 24.3 Å². The number of nitrogens with zero attached hydrogens (tertiary/aromatic N) is 4. The summed E-state index contributed by atoms with van der Waals surface area (Å²) in [6.45, 7) is 2.35. The molecule has 3 aromatic rings. The Bertz CT molecular complexity index is 1250. The first-order valence-electron chi connectivity index (χ1n) is 10.8. The Morgan fingerprint density at radius 3 is 2.56 bits per heavy atom. The Labute approximate surface area is 196 Å². The molecule has 0 aliphatic carbocycles. The Kier molecular flexibility index (Phi) is 6.39. The van der Waals surface area contributed by atoms with Crippen LogP contribution in [0.5, 0.6) is 0 Å². The van der Waals surface area contributed by atoms with E-state index in [9.17, 15) is 14.4 Å². The molecule has 1 fully saturated rings. The lowest BCUT2D eigenvalue weighted by Crippen LogP contribution is -2.33. The smallest absolute Gasteiger partial charge is 0.269 e. The highest BCUT2D eigenvalue weighted by molar-refractivity contribution is 6.04. The molecule has 174 valence electrons. The maximum absolute atomic E-state index is 12.5. The van der Waals surface area contributed by atoms with Gasteiger partial charge >= 0.3 is 0 Å². The number of allylic oxidation sites excluding steroid dienone is 1. The van der Waals surface area contributed by atoms with E-state index in [1.807, 2.05) is 0 Å². The number of imidazole rings is 1. The summed E-state index contributed by atoms with van der Waals surface area (Å²) in [7, 11) is 0. The molecule has 3 amide bonds. The number of benzene rings is 1. The quantitative estimate of drug-likeness (QED) is 0.380. The molecule has 0 saturated carbocycles. The fraction of sp³-hybridized carbons (Fsp3) is 0.208. The molecule has 0 unspecified atom stereocenters. The zero-order valence-corrected chi connectivity index (χ0v) is 18.6. The Morgan fingerprint density at radius 2 is 1.91 bits per heavy atom. The number of rotatable bonds is 6. The lowest BCUT2D eigenvalue weighted by molar-refractivity contribution is -0.127. The second-order valence-corrected chi connectivity index (χ2v) is 7.84. The molecule has 5 N–H and O–H groups in total. The maximum atomic E-state index is 12.5. The van der Waals surface area contributed by atoms with Crippen molar-refractivity contribution in [3.8, 4) is 11.3 Å². The monoisotopic (exact) mass is 459 g/mol. The van der Waals surface area contributed by atoms with Crippen LogP contribution in [0.25, 0.3) is 11.3 Å². The van der Waals surface area contributed by atoms with E-state index < -0.39 is 5.91 Å². The number of nitrogen functional groups attached to an aromatic ring is 1. The van der Waals surface area contributed by atoms with E-state index in [1.165, 1.54) is 10.8 Å². The number of carbonyl (C=O) groups is 3. The zero-order chi connectivity index (χ0) is 24.2.